The Morgan fingerprint density at radius 3 is 2.67 bits per heavy atom. The van der Waals surface area contributed by atoms with Crippen LogP contribution in [0.25, 0.3) is 5.69 Å². The minimum atomic E-state index is -3.02. The molecule has 1 unspecified atom stereocenters. The van der Waals surface area contributed by atoms with Crippen molar-refractivity contribution in [3.05, 3.63) is 41.7 Å². The Balaban J connectivity index is 1.76. The first-order valence-electron chi connectivity index (χ1n) is 7.75. The maximum Gasteiger partial charge on any atom is 0.319 e. The first-order valence-corrected chi connectivity index (χ1v) is 9.57. The molecule has 8 heteroatoms. The number of amides is 2. The van der Waals surface area contributed by atoms with E-state index in [1.165, 1.54) is 0 Å². The quantitative estimate of drug-likeness (QED) is 0.884. The maximum absolute atomic E-state index is 12.2. The number of carbonyl (C=O) groups is 1. The summed E-state index contributed by atoms with van der Waals surface area (Å²) in [6, 6.07) is 8.57. The second kappa shape index (κ2) is 6.27. The molecule has 3 rings (SSSR count). The van der Waals surface area contributed by atoms with Gasteiger partial charge in [-0.2, -0.15) is 5.10 Å². The standard InChI is InChI=1S/C16H20N4O3S/c1-11-9-12(2)20(19-11)15-6-4-3-5-14(15)18-16(21)17-13-7-8-24(22,23)10-13/h3-6,9,13H,7-8,10H2,1-2H3,(H2,17,18,21). The molecule has 1 aliphatic rings. The summed E-state index contributed by atoms with van der Waals surface area (Å²) in [6.45, 7) is 3.85. The highest BCUT2D eigenvalue weighted by Gasteiger charge is 2.29. The van der Waals surface area contributed by atoms with E-state index in [-0.39, 0.29) is 17.5 Å². The lowest BCUT2D eigenvalue weighted by atomic mass is 10.2. The van der Waals surface area contributed by atoms with Crippen molar-refractivity contribution in [2.24, 2.45) is 0 Å². The zero-order valence-corrected chi connectivity index (χ0v) is 14.4. The number of nitrogens with zero attached hydrogens (tertiary/aromatic N) is 2. The molecule has 7 nitrogen and oxygen atoms in total. The van der Waals surface area contributed by atoms with E-state index in [9.17, 15) is 13.2 Å². The fourth-order valence-corrected chi connectivity index (χ4v) is 4.56. The molecule has 0 radical (unpaired) electrons. The first kappa shape index (κ1) is 16.5. The highest BCUT2D eigenvalue weighted by atomic mass is 32.2. The van der Waals surface area contributed by atoms with E-state index in [0.29, 0.717) is 12.1 Å². The van der Waals surface area contributed by atoms with Crippen molar-refractivity contribution >= 4 is 21.6 Å². The van der Waals surface area contributed by atoms with Crippen LogP contribution in [-0.2, 0) is 9.84 Å². The second-order valence-electron chi connectivity index (χ2n) is 6.05. The van der Waals surface area contributed by atoms with Crippen LogP contribution in [-0.4, -0.2) is 41.8 Å². The summed E-state index contributed by atoms with van der Waals surface area (Å²) in [5.41, 5.74) is 3.23. The lowest BCUT2D eigenvalue weighted by Gasteiger charge is -2.15. The lowest BCUT2D eigenvalue weighted by Crippen LogP contribution is -2.38. The summed E-state index contributed by atoms with van der Waals surface area (Å²) in [5.74, 6) is 0.125. The van der Waals surface area contributed by atoms with Gasteiger partial charge in [-0.25, -0.2) is 17.9 Å². The molecule has 0 bridgehead atoms. The van der Waals surface area contributed by atoms with E-state index < -0.39 is 15.9 Å². The lowest BCUT2D eigenvalue weighted by molar-refractivity contribution is 0.249. The number of hydrogen-bond donors (Lipinski definition) is 2. The fourth-order valence-electron chi connectivity index (χ4n) is 2.89. The summed E-state index contributed by atoms with van der Waals surface area (Å²) < 4.78 is 24.7. The number of nitrogens with one attached hydrogen (secondary N) is 2. The van der Waals surface area contributed by atoms with Crippen molar-refractivity contribution < 1.29 is 13.2 Å². The van der Waals surface area contributed by atoms with E-state index in [1.54, 1.807) is 10.7 Å². The van der Waals surface area contributed by atoms with Crippen LogP contribution in [0.5, 0.6) is 0 Å². The first-order chi connectivity index (χ1) is 11.3. The highest BCUT2D eigenvalue weighted by Crippen LogP contribution is 2.21. The van der Waals surface area contributed by atoms with Crippen LogP contribution in [0.4, 0.5) is 10.5 Å². The van der Waals surface area contributed by atoms with Gasteiger partial charge in [-0.15, -0.1) is 0 Å². The van der Waals surface area contributed by atoms with Crippen LogP contribution >= 0.6 is 0 Å². The van der Waals surface area contributed by atoms with Crippen molar-refractivity contribution in [1.82, 2.24) is 15.1 Å². The van der Waals surface area contributed by atoms with Gasteiger partial charge in [0.15, 0.2) is 9.84 Å². The molecule has 2 heterocycles. The molecule has 1 saturated heterocycles. The minimum Gasteiger partial charge on any atom is -0.334 e. The van der Waals surface area contributed by atoms with E-state index >= 15 is 0 Å². The molecule has 1 aliphatic heterocycles. The smallest absolute Gasteiger partial charge is 0.319 e. The molecule has 0 aliphatic carbocycles. The largest absolute Gasteiger partial charge is 0.334 e. The molecule has 0 spiro atoms. The third-order valence-electron chi connectivity index (χ3n) is 3.96. The maximum atomic E-state index is 12.2. The van der Waals surface area contributed by atoms with E-state index in [4.69, 9.17) is 0 Å². The molecule has 2 N–H and O–H groups in total. The van der Waals surface area contributed by atoms with Gasteiger partial charge in [0.05, 0.1) is 28.6 Å². The van der Waals surface area contributed by atoms with Gasteiger partial charge in [0.2, 0.25) is 0 Å². The van der Waals surface area contributed by atoms with Gasteiger partial charge < -0.3 is 10.6 Å². The highest BCUT2D eigenvalue weighted by molar-refractivity contribution is 7.91. The third-order valence-corrected chi connectivity index (χ3v) is 5.73. The summed E-state index contributed by atoms with van der Waals surface area (Å²) in [4.78, 5) is 12.2. The third kappa shape index (κ3) is 3.59. The Bertz CT molecular complexity index is 873. The average Bonchev–Trinajstić information content (AvgIpc) is 3.01. The molecule has 1 aromatic carbocycles. The molecule has 1 aromatic heterocycles. The number of urea groups is 1. The van der Waals surface area contributed by atoms with Crippen LogP contribution in [0.2, 0.25) is 0 Å². The Kier molecular flexibility index (Phi) is 4.31. The van der Waals surface area contributed by atoms with Crippen LogP contribution < -0.4 is 10.6 Å². The number of hydrogen-bond acceptors (Lipinski definition) is 4. The molecule has 0 saturated carbocycles. The van der Waals surface area contributed by atoms with Gasteiger partial charge in [0.25, 0.3) is 0 Å². The monoisotopic (exact) mass is 348 g/mol. The number of benzene rings is 1. The predicted molar refractivity (Wildman–Crippen MR) is 92.3 cm³/mol. The number of para-hydroxylation sites is 2. The van der Waals surface area contributed by atoms with Gasteiger partial charge >= 0.3 is 6.03 Å². The van der Waals surface area contributed by atoms with Crippen LogP contribution in [0.15, 0.2) is 30.3 Å². The van der Waals surface area contributed by atoms with Crippen LogP contribution in [0.1, 0.15) is 17.8 Å². The van der Waals surface area contributed by atoms with E-state index in [1.807, 2.05) is 38.1 Å². The zero-order chi connectivity index (χ0) is 17.3. The SMILES string of the molecule is Cc1cc(C)n(-c2ccccc2NC(=O)NC2CCS(=O)(=O)C2)n1. The summed E-state index contributed by atoms with van der Waals surface area (Å²) >= 11 is 0. The number of rotatable bonds is 3. The molecule has 1 atom stereocenters. The Labute approximate surface area is 141 Å². The molecule has 2 aromatic rings. The van der Waals surface area contributed by atoms with E-state index in [2.05, 4.69) is 15.7 Å². The van der Waals surface area contributed by atoms with Crippen LogP contribution in [0.3, 0.4) is 0 Å². The summed E-state index contributed by atoms with van der Waals surface area (Å²) in [5, 5.41) is 9.95. The number of aromatic nitrogens is 2. The molecular formula is C16H20N4O3S. The van der Waals surface area contributed by atoms with Gasteiger partial charge in [-0.1, -0.05) is 12.1 Å². The van der Waals surface area contributed by atoms with Gasteiger partial charge in [-0.05, 0) is 38.5 Å². The van der Waals surface area contributed by atoms with E-state index in [0.717, 1.165) is 17.1 Å². The van der Waals surface area contributed by atoms with Crippen molar-refractivity contribution in [1.29, 1.82) is 0 Å². The Morgan fingerprint density at radius 1 is 1.29 bits per heavy atom. The van der Waals surface area contributed by atoms with Crippen LogP contribution in [0, 0.1) is 13.8 Å². The average molecular weight is 348 g/mol. The number of aryl methyl sites for hydroxylation is 2. The number of sulfone groups is 1. The topological polar surface area (TPSA) is 93.1 Å². The van der Waals surface area contributed by atoms with Gasteiger partial charge in [0, 0.05) is 11.7 Å². The number of anilines is 1. The Morgan fingerprint density at radius 2 is 2.04 bits per heavy atom. The zero-order valence-electron chi connectivity index (χ0n) is 13.6. The fraction of sp³-hybridized carbons (Fsp3) is 0.375. The van der Waals surface area contributed by atoms with Crippen molar-refractivity contribution in [3.8, 4) is 5.69 Å². The summed E-state index contributed by atoms with van der Waals surface area (Å²) in [7, 11) is -3.02. The van der Waals surface area contributed by atoms with Crippen molar-refractivity contribution in [2.75, 3.05) is 16.8 Å². The molecule has 1 fully saturated rings. The molecule has 128 valence electrons. The number of carbonyl (C=O) groups excluding carboxylic acids is 1. The van der Waals surface area contributed by atoms with Crippen molar-refractivity contribution in [2.45, 2.75) is 26.3 Å². The van der Waals surface area contributed by atoms with Gasteiger partial charge in [-0.3, -0.25) is 0 Å². The molecule has 2 amide bonds. The normalized spacial score (nSPS) is 19.2. The predicted octanol–water partition coefficient (Wildman–Crippen LogP) is 1.80. The van der Waals surface area contributed by atoms with Crippen molar-refractivity contribution in [3.63, 3.8) is 0 Å². The molecule has 24 heavy (non-hydrogen) atoms. The second-order valence-corrected chi connectivity index (χ2v) is 8.28. The minimum absolute atomic E-state index is 0.000470. The summed E-state index contributed by atoms with van der Waals surface area (Å²) in [6.07, 6.45) is 0.453. The molecular weight excluding hydrogens is 328 g/mol. The Hall–Kier alpha value is -2.35. The van der Waals surface area contributed by atoms with Gasteiger partial charge in [0.1, 0.15) is 0 Å².